The molecule has 0 aromatic rings. The summed E-state index contributed by atoms with van der Waals surface area (Å²) >= 11 is 0. The fraction of sp³-hybridized carbons (Fsp3) is 0.818. The predicted molar refractivity (Wildman–Crippen MR) is 58.7 cm³/mol. The van der Waals surface area contributed by atoms with E-state index in [4.69, 9.17) is 6.42 Å². The molecule has 0 aliphatic heterocycles. The molecule has 76 valence electrons. The lowest BCUT2D eigenvalue weighted by atomic mass is 10.2. The number of nitrogens with zero attached hydrogens (tertiary/aromatic N) is 1. The summed E-state index contributed by atoms with van der Waals surface area (Å²) in [5.74, 6) is 2.65. The Bertz CT molecular complexity index is 160. The minimum atomic E-state index is 0.185. The van der Waals surface area contributed by atoms with E-state index in [2.05, 4.69) is 37.0 Å². The quantitative estimate of drug-likeness (QED) is 0.623. The van der Waals surface area contributed by atoms with Gasteiger partial charge in [0.25, 0.3) is 0 Å². The molecule has 0 amide bonds. The zero-order valence-electron chi connectivity index (χ0n) is 9.30. The average molecular weight is 182 g/mol. The largest absolute Gasteiger partial charge is 0.303 e. The molecule has 0 radical (unpaired) electrons. The second-order valence-corrected chi connectivity index (χ2v) is 3.58. The summed E-state index contributed by atoms with van der Waals surface area (Å²) < 4.78 is 0. The molecule has 0 aromatic carbocycles. The summed E-state index contributed by atoms with van der Waals surface area (Å²) in [5, 5.41) is 3.26. The van der Waals surface area contributed by atoms with Gasteiger partial charge in [-0.25, -0.2) is 0 Å². The van der Waals surface area contributed by atoms with Gasteiger partial charge < -0.3 is 10.2 Å². The van der Waals surface area contributed by atoms with Crippen molar-refractivity contribution in [1.29, 1.82) is 0 Å². The normalized spacial score (nSPS) is 15.4. The third-order valence-corrected chi connectivity index (χ3v) is 2.51. The van der Waals surface area contributed by atoms with Crippen LogP contribution in [0.3, 0.4) is 0 Å². The van der Waals surface area contributed by atoms with Crippen LogP contribution in [0.25, 0.3) is 0 Å². The molecule has 0 bridgehead atoms. The first-order chi connectivity index (χ1) is 6.11. The van der Waals surface area contributed by atoms with Crippen LogP contribution < -0.4 is 5.32 Å². The smallest absolute Gasteiger partial charge is 0.0658 e. The molecular formula is C11H22N2. The van der Waals surface area contributed by atoms with Gasteiger partial charge >= 0.3 is 0 Å². The van der Waals surface area contributed by atoms with Crippen molar-refractivity contribution in [3.05, 3.63) is 0 Å². The Morgan fingerprint density at radius 1 is 1.46 bits per heavy atom. The van der Waals surface area contributed by atoms with Gasteiger partial charge in [-0.05, 0) is 27.3 Å². The number of rotatable bonds is 6. The van der Waals surface area contributed by atoms with Crippen molar-refractivity contribution in [2.75, 3.05) is 20.1 Å². The molecular weight excluding hydrogens is 160 g/mol. The van der Waals surface area contributed by atoms with Crippen LogP contribution in [0, 0.1) is 12.3 Å². The van der Waals surface area contributed by atoms with Crippen molar-refractivity contribution in [2.24, 2.45) is 0 Å². The number of likely N-dealkylation sites (N-methyl/N-ethyl adjacent to an activating group) is 1. The maximum absolute atomic E-state index is 5.25. The summed E-state index contributed by atoms with van der Waals surface area (Å²) in [6, 6.07) is 0.841. The summed E-state index contributed by atoms with van der Waals surface area (Å²) in [6.07, 6.45) is 6.44. The molecule has 0 rings (SSSR count). The minimum Gasteiger partial charge on any atom is -0.303 e. The Hall–Kier alpha value is -0.520. The second-order valence-electron chi connectivity index (χ2n) is 3.58. The third kappa shape index (κ3) is 5.68. The molecule has 1 N–H and O–H groups in total. The summed E-state index contributed by atoms with van der Waals surface area (Å²) in [5.41, 5.74) is 0. The Morgan fingerprint density at radius 2 is 2.08 bits per heavy atom. The first kappa shape index (κ1) is 12.5. The Labute approximate surface area is 82.7 Å². The molecule has 0 aromatic heterocycles. The first-order valence-corrected chi connectivity index (χ1v) is 5.01. The molecule has 2 atom stereocenters. The number of terminal acetylenes is 1. The highest BCUT2D eigenvalue weighted by Crippen LogP contribution is 1.98. The van der Waals surface area contributed by atoms with Crippen molar-refractivity contribution in [1.82, 2.24) is 10.2 Å². The van der Waals surface area contributed by atoms with Crippen molar-refractivity contribution in [3.63, 3.8) is 0 Å². The van der Waals surface area contributed by atoms with Crippen molar-refractivity contribution < 1.29 is 0 Å². The van der Waals surface area contributed by atoms with Crippen LogP contribution in [0.1, 0.15) is 27.2 Å². The molecule has 2 unspecified atom stereocenters. The average Bonchev–Trinajstić information content (AvgIpc) is 2.15. The van der Waals surface area contributed by atoms with E-state index in [1.54, 1.807) is 0 Å². The van der Waals surface area contributed by atoms with Crippen LogP contribution >= 0.6 is 0 Å². The van der Waals surface area contributed by atoms with Crippen LogP contribution in [0.5, 0.6) is 0 Å². The number of nitrogens with one attached hydrogen (secondary N) is 1. The SMILES string of the molecule is C#CC(C)NCCN(C)C(C)CC. The lowest BCUT2D eigenvalue weighted by Gasteiger charge is -2.23. The van der Waals surface area contributed by atoms with E-state index in [-0.39, 0.29) is 6.04 Å². The Morgan fingerprint density at radius 3 is 2.54 bits per heavy atom. The van der Waals surface area contributed by atoms with Gasteiger partial charge in [0.15, 0.2) is 0 Å². The zero-order valence-corrected chi connectivity index (χ0v) is 9.30. The molecule has 0 fully saturated rings. The van der Waals surface area contributed by atoms with Crippen LogP contribution in [0.15, 0.2) is 0 Å². The monoisotopic (exact) mass is 182 g/mol. The molecule has 0 aliphatic carbocycles. The van der Waals surface area contributed by atoms with Crippen LogP contribution in [-0.4, -0.2) is 37.1 Å². The highest BCUT2D eigenvalue weighted by Gasteiger charge is 2.05. The lowest BCUT2D eigenvalue weighted by Crippen LogP contribution is -2.37. The lowest BCUT2D eigenvalue weighted by molar-refractivity contribution is 0.251. The van der Waals surface area contributed by atoms with Crippen LogP contribution in [0.4, 0.5) is 0 Å². The Balaban J connectivity index is 3.48. The van der Waals surface area contributed by atoms with Gasteiger partial charge in [0.1, 0.15) is 0 Å². The van der Waals surface area contributed by atoms with Gasteiger partial charge in [0.05, 0.1) is 6.04 Å². The maximum atomic E-state index is 5.25. The topological polar surface area (TPSA) is 15.3 Å². The van der Waals surface area contributed by atoms with Crippen molar-refractivity contribution >= 4 is 0 Å². The van der Waals surface area contributed by atoms with Gasteiger partial charge in [-0.2, -0.15) is 0 Å². The molecule has 0 heterocycles. The molecule has 0 saturated carbocycles. The number of hydrogen-bond donors (Lipinski definition) is 1. The molecule has 13 heavy (non-hydrogen) atoms. The third-order valence-electron chi connectivity index (χ3n) is 2.51. The summed E-state index contributed by atoms with van der Waals surface area (Å²) in [4.78, 5) is 2.34. The standard InChI is InChI=1S/C11H22N2/c1-6-10(3)12-8-9-13(5)11(4)7-2/h1,10-12H,7-9H2,2-5H3. The van der Waals surface area contributed by atoms with Crippen LogP contribution in [0.2, 0.25) is 0 Å². The highest BCUT2D eigenvalue weighted by molar-refractivity contribution is 4.95. The van der Waals surface area contributed by atoms with E-state index >= 15 is 0 Å². The first-order valence-electron chi connectivity index (χ1n) is 5.01. The Kier molecular flexibility index (Phi) is 6.66. The van der Waals surface area contributed by atoms with Gasteiger partial charge in [0.2, 0.25) is 0 Å². The molecule has 2 heteroatoms. The summed E-state index contributed by atoms with van der Waals surface area (Å²) in [7, 11) is 2.15. The molecule has 0 spiro atoms. The van der Waals surface area contributed by atoms with Gasteiger partial charge in [-0.1, -0.05) is 12.8 Å². The molecule has 2 nitrogen and oxygen atoms in total. The van der Waals surface area contributed by atoms with E-state index in [9.17, 15) is 0 Å². The van der Waals surface area contributed by atoms with Gasteiger partial charge in [0, 0.05) is 19.1 Å². The van der Waals surface area contributed by atoms with E-state index in [1.165, 1.54) is 6.42 Å². The van der Waals surface area contributed by atoms with Gasteiger partial charge in [-0.15, -0.1) is 6.42 Å². The molecule has 0 saturated heterocycles. The fourth-order valence-corrected chi connectivity index (χ4v) is 1.05. The van der Waals surface area contributed by atoms with Crippen molar-refractivity contribution in [3.8, 4) is 12.3 Å². The van der Waals surface area contributed by atoms with Crippen LogP contribution in [-0.2, 0) is 0 Å². The summed E-state index contributed by atoms with van der Waals surface area (Å²) in [6.45, 7) is 8.47. The second kappa shape index (κ2) is 6.94. The predicted octanol–water partition coefficient (Wildman–Crippen LogP) is 1.33. The van der Waals surface area contributed by atoms with E-state index < -0.39 is 0 Å². The minimum absolute atomic E-state index is 0.185. The fourth-order valence-electron chi connectivity index (χ4n) is 1.05. The highest BCUT2D eigenvalue weighted by atomic mass is 15.1. The van der Waals surface area contributed by atoms with E-state index in [0.29, 0.717) is 6.04 Å². The van der Waals surface area contributed by atoms with E-state index in [0.717, 1.165) is 13.1 Å². The molecule has 0 aliphatic rings. The van der Waals surface area contributed by atoms with Crippen molar-refractivity contribution in [2.45, 2.75) is 39.3 Å². The number of hydrogen-bond acceptors (Lipinski definition) is 2. The maximum Gasteiger partial charge on any atom is 0.0658 e. The van der Waals surface area contributed by atoms with Gasteiger partial charge in [-0.3, -0.25) is 0 Å². The van der Waals surface area contributed by atoms with E-state index in [1.807, 2.05) is 6.92 Å². The zero-order chi connectivity index (χ0) is 10.3.